The summed E-state index contributed by atoms with van der Waals surface area (Å²) in [5.41, 5.74) is 2.29. The van der Waals surface area contributed by atoms with Crippen LogP contribution in [-0.4, -0.2) is 22.3 Å². The molecular weight excluding hydrogens is 298 g/mol. The molecule has 1 aliphatic rings. The van der Waals surface area contributed by atoms with Gasteiger partial charge in [-0.3, -0.25) is 0 Å². The van der Waals surface area contributed by atoms with Crippen LogP contribution in [0.5, 0.6) is 5.75 Å². The largest absolute Gasteiger partial charge is 0.508 e. The van der Waals surface area contributed by atoms with Crippen LogP contribution in [0.15, 0.2) is 54.6 Å². The first kappa shape index (κ1) is 17.0. The van der Waals surface area contributed by atoms with Gasteiger partial charge in [-0.25, -0.2) is 0 Å². The smallest absolute Gasteiger partial charge is 0.115 e. The minimum absolute atomic E-state index is 0.00665. The molecule has 1 fully saturated rings. The lowest BCUT2D eigenvalue weighted by atomic mass is 9.81. The fraction of sp³-hybridized carbons (Fsp3) is 0.429. The molecule has 2 aromatic carbocycles. The monoisotopic (exact) mass is 325 g/mol. The second-order valence-electron chi connectivity index (χ2n) is 6.95. The van der Waals surface area contributed by atoms with Gasteiger partial charge in [-0.15, -0.1) is 0 Å². The summed E-state index contributed by atoms with van der Waals surface area (Å²) >= 11 is 0. The third-order valence-electron chi connectivity index (χ3n) is 5.20. The van der Waals surface area contributed by atoms with E-state index < -0.39 is 6.10 Å². The van der Waals surface area contributed by atoms with Crippen molar-refractivity contribution in [2.45, 2.75) is 56.7 Å². The number of aliphatic hydroxyl groups excluding tert-OH is 1. The number of phenolic OH excluding ortho intramolecular Hbond substituents is 1. The standard InChI is InChI=1S/C21H27NO2/c1-15(21(24)18-9-13-20(23)14-10-18)22-19-11-7-17(8-12-19)16-5-3-2-4-6-16/h2-6,9-10,13-15,17,19,21-24H,7-8,11-12H2,1H3. The van der Waals surface area contributed by atoms with E-state index in [1.54, 1.807) is 24.3 Å². The number of rotatable bonds is 5. The Morgan fingerprint density at radius 3 is 2.17 bits per heavy atom. The van der Waals surface area contributed by atoms with Crippen molar-refractivity contribution < 1.29 is 10.2 Å². The van der Waals surface area contributed by atoms with Gasteiger partial charge in [-0.2, -0.15) is 0 Å². The zero-order valence-corrected chi connectivity index (χ0v) is 14.2. The lowest BCUT2D eigenvalue weighted by Crippen LogP contribution is -2.41. The number of hydrogen-bond donors (Lipinski definition) is 3. The first-order valence-corrected chi connectivity index (χ1v) is 8.91. The van der Waals surface area contributed by atoms with E-state index in [1.807, 2.05) is 6.92 Å². The van der Waals surface area contributed by atoms with Gasteiger partial charge < -0.3 is 15.5 Å². The van der Waals surface area contributed by atoms with Crippen LogP contribution in [0.2, 0.25) is 0 Å². The van der Waals surface area contributed by atoms with Crippen LogP contribution in [0.25, 0.3) is 0 Å². The SMILES string of the molecule is CC(NC1CCC(c2ccccc2)CC1)C(O)c1ccc(O)cc1. The number of benzene rings is 2. The maximum atomic E-state index is 10.5. The molecule has 3 nitrogen and oxygen atoms in total. The molecule has 0 saturated heterocycles. The second-order valence-corrected chi connectivity index (χ2v) is 6.95. The van der Waals surface area contributed by atoms with E-state index in [9.17, 15) is 10.2 Å². The Labute approximate surface area is 144 Å². The Balaban J connectivity index is 1.51. The minimum atomic E-state index is -0.558. The van der Waals surface area contributed by atoms with E-state index in [-0.39, 0.29) is 11.8 Å². The summed E-state index contributed by atoms with van der Waals surface area (Å²) < 4.78 is 0. The van der Waals surface area contributed by atoms with E-state index in [2.05, 4.69) is 35.6 Å². The van der Waals surface area contributed by atoms with Crippen molar-refractivity contribution in [2.24, 2.45) is 0 Å². The molecule has 3 rings (SSSR count). The quantitative estimate of drug-likeness (QED) is 0.775. The number of aliphatic hydroxyl groups is 1. The minimum Gasteiger partial charge on any atom is -0.508 e. The van der Waals surface area contributed by atoms with Crippen molar-refractivity contribution in [1.82, 2.24) is 5.32 Å². The third kappa shape index (κ3) is 4.16. The molecule has 1 aliphatic carbocycles. The van der Waals surface area contributed by atoms with E-state index in [1.165, 1.54) is 18.4 Å². The molecule has 0 aliphatic heterocycles. The second kappa shape index (κ2) is 7.82. The third-order valence-corrected chi connectivity index (χ3v) is 5.20. The first-order valence-electron chi connectivity index (χ1n) is 8.91. The van der Waals surface area contributed by atoms with Gasteiger partial charge in [0.2, 0.25) is 0 Å². The number of aromatic hydroxyl groups is 1. The molecular formula is C21H27NO2. The van der Waals surface area contributed by atoms with Gasteiger partial charge >= 0.3 is 0 Å². The molecule has 2 unspecified atom stereocenters. The van der Waals surface area contributed by atoms with Gasteiger partial charge in [0.1, 0.15) is 5.75 Å². The van der Waals surface area contributed by atoms with Crippen LogP contribution in [0.3, 0.4) is 0 Å². The molecule has 0 heterocycles. The molecule has 2 atom stereocenters. The van der Waals surface area contributed by atoms with E-state index in [4.69, 9.17) is 0 Å². The summed E-state index contributed by atoms with van der Waals surface area (Å²) in [6.45, 7) is 2.03. The number of nitrogens with one attached hydrogen (secondary N) is 1. The number of hydrogen-bond acceptors (Lipinski definition) is 3. The maximum Gasteiger partial charge on any atom is 0.115 e. The molecule has 0 amide bonds. The van der Waals surface area contributed by atoms with Crippen LogP contribution in [-0.2, 0) is 0 Å². The fourth-order valence-electron chi connectivity index (χ4n) is 3.74. The molecule has 0 aromatic heterocycles. The topological polar surface area (TPSA) is 52.5 Å². The lowest BCUT2D eigenvalue weighted by Gasteiger charge is -2.33. The van der Waals surface area contributed by atoms with Crippen LogP contribution < -0.4 is 5.32 Å². The summed E-state index contributed by atoms with van der Waals surface area (Å²) in [5.74, 6) is 0.896. The molecule has 1 saturated carbocycles. The number of phenols is 1. The Kier molecular flexibility index (Phi) is 5.54. The van der Waals surface area contributed by atoms with E-state index in [0.29, 0.717) is 12.0 Å². The molecule has 0 radical (unpaired) electrons. The zero-order valence-electron chi connectivity index (χ0n) is 14.2. The molecule has 128 valence electrons. The van der Waals surface area contributed by atoms with Crippen LogP contribution in [0.4, 0.5) is 0 Å². The van der Waals surface area contributed by atoms with E-state index >= 15 is 0 Å². The van der Waals surface area contributed by atoms with Crippen molar-refractivity contribution in [2.75, 3.05) is 0 Å². The molecule has 0 spiro atoms. The lowest BCUT2D eigenvalue weighted by molar-refractivity contribution is 0.124. The summed E-state index contributed by atoms with van der Waals surface area (Å²) in [6.07, 6.45) is 4.13. The van der Waals surface area contributed by atoms with Gasteiger partial charge in [-0.05, 0) is 61.8 Å². The van der Waals surface area contributed by atoms with Gasteiger partial charge in [0, 0.05) is 12.1 Å². The van der Waals surface area contributed by atoms with Gasteiger partial charge in [0.25, 0.3) is 0 Å². The van der Waals surface area contributed by atoms with Crippen molar-refractivity contribution in [3.63, 3.8) is 0 Å². The first-order chi connectivity index (χ1) is 11.6. The van der Waals surface area contributed by atoms with Crippen LogP contribution >= 0.6 is 0 Å². The highest BCUT2D eigenvalue weighted by molar-refractivity contribution is 5.28. The Morgan fingerprint density at radius 1 is 0.917 bits per heavy atom. The van der Waals surface area contributed by atoms with E-state index in [0.717, 1.165) is 18.4 Å². The predicted molar refractivity (Wildman–Crippen MR) is 97.1 cm³/mol. The molecule has 24 heavy (non-hydrogen) atoms. The Bertz CT molecular complexity index is 618. The van der Waals surface area contributed by atoms with Crippen molar-refractivity contribution >= 4 is 0 Å². The summed E-state index contributed by atoms with van der Waals surface area (Å²) in [7, 11) is 0. The van der Waals surface area contributed by atoms with Crippen molar-refractivity contribution in [1.29, 1.82) is 0 Å². The average molecular weight is 325 g/mol. The van der Waals surface area contributed by atoms with Gasteiger partial charge in [0.15, 0.2) is 0 Å². The molecule has 3 heteroatoms. The zero-order chi connectivity index (χ0) is 16.9. The van der Waals surface area contributed by atoms with Crippen molar-refractivity contribution in [3.8, 4) is 5.75 Å². The summed E-state index contributed by atoms with van der Waals surface area (Å²) in [4.78, 5) is 0. The van der Waals surface area contributed by atoms with Crippen LogP contribution in [0, 0.1) is 0 Å². The molecule has 0 bridgehead atoms. The average Bonchev–Trinajstić information content (AvgIpc) is 2.63. The normalized spacial score (nSPS) is 23.6. The fourth-order valence-corrected chi connectivity index (χ4v) is 3.74. The van der Waals surface area contributed by atoms with Crippen molar-refractivity contribution in [3.05, 3.63) is 65.7 Å². The van der Waals surface area contributed by atoms with Gasteiger partial charge in [0.05, 0.1) is 6.10 Å². The summed E-state index contributed by atoms with van der Waals surface area (Å²) in [6, 6.07) is 18.0. The maximum absolute atomic E-state index is 10.5. The predicted octanol–water partition coefficient (Wildman–Crippen LogP) is 4.13. The van der Waals surface area contributed by atoms with Gasteiger partial charge in [-0.1, -0.05) is 42.5 Å². The highest BCUT2D eigenvalue weighted by Gasteiger charge is 2.25. The molecule has 3 N–H and O–H groups in total. The highest BCUT2D eigenvalue weighted by atomic mass is 16.3. The Morgan fingerprint density at radius 2 is 1.54 bits per heavy atom. The summed E-state index contributed by atoms with van der Waals surface area (Å²) in [5, 5.41) is 23.4. The molecule has 2 aromatic rings. The Hall–Kier alpha value is -1.84. The highest BCUT2D eigenvalue weighted by Crippen LogP contribution is 2.33. The van der Waals surface area contributed by atoms with Crippen LogP contribution in [0.1, 0.15) is 55.8 Å².